The van der Waals surface area contributed by atoms with Crippen molar-refractivity contribution in [3.8, 4) is 0 Å². The van der Waals surface area contributed by atoms with Crippen molar-refractivity contribution in [2.24, 2.45) is 0 Å². The fourth-order valence-electron chi connectivity index (χ4n) is 3.62. The van der Waals surface area contributed by atoms with Crippen LogP contribution in [-0.4, -0.2) is 40.0 Å². The third kappa shape index (κ3) is 1.83. The zero-order valence-corrected chi connectivity index (χ0v) is 10.9. The molecule has 0 spiro atoms. The summed E-state index contributed by atoms with van der Waals surface area (Å²) in [6.45, 7) is 0.277. The van der Waals surface area contributed by atoms with E-state index in [2.05, 4.69) is 9.97 Å². The van der Waals surface area contributed by atoms with E-state index in [-0.39, 0.29) is 24.9 Å². The summed E-state index contributed by atoms with van der Waals surface area (Å²) in [6, 6.07) is 3.90. The topological polar surface area (TPSA) is 49.0 Å². The lowest BCUT2D eigenvalue weighted by Crippen LogP contribution is -2.46. The lowest BCUT2D eigenvalue weighted by Gasteiger charge is -2.32. The molecule has 110 valence electrons. The highest BCUT2D eigenvalue weighted by Crippen LogP contribution is 2.47. The number of likely N-dealkylation sites (tertiary alicyclic amines) is 1. The van der Waals surface area contributed by atoms with Gasteiger partial charge in [-0.3, -0.25) is 4.79 Å². The molecule has 2 bridgehead atoms. The van der Waals surface area contributed by atoms with Crippen LogP contribution in [0.15, 0.2) is 18.5 Å². The molecule has 7 heteroatoms. The highest BCUT2D eigenvalue weighted by Gasteiger charge is 2.47. The molecule has 1 unspecified atom stereocenters. The first-order chi connectivity index (χ1) is 9.93. The number of hydrogen-bond acceptors (Lipinski definition) is 2. The van der Waals surface area contributed by atoms with Gasteiger partial charge < -0.3 is 9.88 Å². The number of nitrogens with zero attached hydrogens (tertiary/aromatic N) is 2. The number of hydrogen-bond donors (Lipinski definition) is 1. The van der Waals surface area contributed by atoms with Gasteiger partial charge >= 0.3 is 12.1 Å². The summed E-state index contributed by atoms with van der Waals surface area (Å²) < 4.78 is 37.8. The number of benzene rings is 1. The average molecular weight is 295 g/mol. The molecule has 2 atom stereocenters. The van der Waals surface area contributed by atoms with E-state index in [0.717, 1.165) is 33.5 Å². The molecule has 1 fully saturated rings. The van der Waals surface area contributed by atoms with Crippen molar-refractivity contribution in [1.82, 2.24) is 14.9 Å². The molecule has 2 aliphatic rings. The molecule has 1 amide bonds. The Morgan fingerprint density at radius 2 is 1.90 bits per heavy atom. The van der Waals surface area contributed by atoms with Crippen LogP contribution in [0, 0.1) is 0 Å². The molecule has 1 aromatic carbocycles. The maximum absolute atomic E-state index is 12.6. The van der Waals surface area contributed by atoms with Crippen LogP contribution in [0.25, 0.3) is 11.0 Å². The molecule has 1 saturated heterocycles. The predicted molar refractivity (Wildman–Crippen MR) is 68.8 cm³/mol. The van der Waals surface area contributed by atoms with Gasteiger partial charge in [0.1, 0.15) is 0 Å². The number of rotatable bonds is 0. The fourth-order valence-corrected chi connectivity index (χ4v) is 3.62. The van der Waals surface area contributed by atoms with Gasteiger partial charge in [-0.1, -0.05) is 0 Å². The molecule has 2 heterocycles. The smallest absolute Gasteiger partial charge is 0.345 e. The van der Waals surface area contributed by atoms with E-state index in [1.807, 2.05) is 12.1 Å². The Morgan fingerprint density at radius 3 is 2.57 bits per heavy atom. The Hall–Kier alpha value is -2.05. The van der Waals surface area contributed by atoms with Crippen LogP contribution in [0.4, 0.5) is 13.2 Å². The minimum Gasteiger partial charge on any atom is -0.345 e. The van der Waals surface area contributed by atoms with Gasteiger partial charge in [-0.05, 0) is 29.7 Å². The first-order valence-corrected chi connectivity index (χ1v) is 6.76. The molecule has 1 aliphatic heterocycles. The lowest BCUT2D eigenvalue weighted by atomic mass is 9.95. The number of aromatic amines is 1. The molecular formula is C14H12F3N3O. The number of alkyl halides is 3. The third-order valence-corrected chi connectivity index (χ3v) is 4.48. The van der Waals surface area contributed by atoms with Gasteiger partial charge in [-0.25, -0.2) is 4.98 Å². The van der Waals surface area contributed by atoms with Crippen LogP contribution in [0.5, 0.6) is 0 Å². The van der Waals surface area contributed by atoms with Gasteiger partial charge in [0.05, 0.1) is 17.4 Å². The Balaban J connectivity index is 1.71. The largest absolute Gasteiger partial charge is 0.471 e. The zero-order valence-electron chi connectivity index (χ0n) is 10.9. The number of fused-ring (bicyclic) bond motifs is 6. The summed E-state index contributed by atoms with van der Waals surface area (Å²) in [6.07, 6.45) is -2.38. The number of aromatic nitrogens is 2. The quantitative estimate of drug-likeness (QED) is 0.812. The standard InChI is InChI=1S/C14H12F3N3O/c15-14(16,17)13(21)20-4-7-1-8(5-20)10-3-12-11(2-9(7)10)18-6-19-12/h2-3,6-8H,1,4-5H2,(H,18,19)/t7-,8?/m0/s1. The number of halogens is 3. The summed E-state index contributed by atoms with van der Waals surface area (Å²) >= 11 is 0. The molecular weight excluding hydrogens is 283 g/mol. The van der Waals surface area contributed by atoms with E-state index in [0.29, 0.717) is 0 Å². The van der Waals surface area contributed by atoms with E-state index >= 15 is 0 Å². The summed E-state index contributed by atoms with van der Waals surface area (Å²) in [7, 11) is 0. The summed E-state index contributed by atoms with van der Waals surface area (Å²) in [5.41, 5.74) is 3.79. The zero-order chi connectivity index (χ0) is 14.8. The minimum absolute atomic E-state index is 0.0160. The van der Waals surface area contributed by atoms with Gasteiger partial charge in [0.25, 0.3) is 0 Å². The van der Waals surface area contributed by atoms with Crippen LogP contribution in [-0.2, 0) is 4.79 Å². The lowest BCUT2D eigenvalue weighted by molar-refractivity contribution is -0.186. The first kappa shape index (κ1) is 12.7. The SMILES string of the molecule is O=C(N1CC2C[C@@H](C1)c1cc3nc[nH]c3cc12)C(F)(F)F. The molecule has 2 aromatic rings. The molecule has 4 nitrogen and oxygen atoms in total. The third-order valence-electron chi connectivity index (χ3n) is 4.48. The van der Waals surface area contributed by atoms with Gasteiger partial charge in [-0.2, -0.15) is 13.2 Å². The number of imidazole rings is 1. The fraction of sp³-hybridized carbons (Fsp3) is 0.429. The van der Waals surface area contributed by atoms with Crippen LogP contribution in [0.2, 0.25) is 0 Å². The number of carbonyl (C=O) groups is 1. The second-order valence-corrected chi connectivity index (χ2v) is 5.74. The van der Waals surface area contributed by atoms with E-state index in [1.54, 1.807) is 6.33 Å². The van der Waals surface area contributed by atoms with Crippen molar-refractivity contribution in [3.63, 3.8) is 0 Å². The maximum Gasteiger partial charge on any atom is 0.471 e. The van der Waals surface area contributed by atoms with Crippen LogP contribution in [0.1, 0.15) is 29.4 Å². The highest BCUT2D eigenvalue weighted by molar-refractivity contribution is 5.83. The molecule has 0 radical (unpaired) electrons. The van der Waals surface area contributed by atoms with Crippen molar-refractivity contribution in [3.05, 3.63) is 29.6 Å². The second-order valence-electron chi connectivity index (χ2n) is 5.74. The summed E-state index contributed by atoms with van der Waals surface area (Å²) in [4.78, 5) is 19.6. The Bertz CT molecular complexity index is 691. The Labute approximate surface area is 118 Å². The molecule has 1 aromatic heterocycles. The normalized spacial score (nSPS) is 24.4. The number of piperidine rings is 1. The van der Waals surface area contributed by atoms with Gasteiger partial charge in [0, 0.05) is 24.9 Å². The van der Waals surface area contributed by atoms with Gasteiger partial charge in [0.2, 0.25) is 0 Å². The minimum atomic E-state index is -4.80. The van der Waals surface area contributed by atoms with Crippen molar-refractivity contribution in [2.75, 3.05) is 13.1 Å². The predicted octanol–water partition coefficient (Wildman–Crippen LogP) is 2.54. The number of amides is 1. The summed E-state index contributed by atoms with van der Waals surface area (Å²) in [5.74, 6) is -1.77. The number of nitrogens with one attached hydrogen (secondary N) is 1. The van der Waals surface area contributed by atoms with Crippen molar-refractivity contribution in [2.45, 2.75) is 24.4 Å². The van der Waals surface area contributed by atoms with Crippen LogP contribution in [0.3, 0.4) is 0 Å². The highest BCUT2D eigenvalue weighted by atomic mass is 19.4. The van der Waals surface area contributed by atoms with E-state index in [9.17, 15) is 18.0 Å². The molecule has 4 rings (SSSR count). The van der Waals surface area contributed by atoms with E-state index in [1.165, 1.54) is 0 Å². The molecule has 21 heavy (non-hydrogen) atoms. The Kier molecular flexibility index (Phi) is 2.41. The maximum atomic E-state index is 12.6. The average Bonchev–Trinajstić information content (AvgIpc) is 2.99. The van der Waals surface area contributed by atoms with E-state index < -0.39 is 12.1 Å². The van der Waals surface area contributed by atoms with Crippen molar-refractivity contribution < 1.29 is 18.0 Å². The Morgan fingerprint density at radius 1 is 1.24 bits per heavy atom. The number of carbonyl (C=O) groups excluding carboxylic acids is 1. The van der Waals surface area contributed by atoms with E-state index in [4.69, 9.17) is 0 Å². The number of H-pyrrole nitrogens is 1. The van der Waals surface area contributed by atoms with Gasteiger partial charge in [-0.15, -0.1) is 0 Å². The van der Waals surface area contributed by atoms with Crippen molar-refractivity contribution in [1.29, 1.82) is 0 Å². The summed E-state index contributed by atoms with van der Waals surface area (Å²) in [5, 5.41) is 0. The monoisotopic (exact) mass is 295 g/mol. The first-order valence-electron chi connectivity index (χ1n) is 6.76. The van der Waals surface area contributed by atoms with Crippen LogP contribution < -0.4 is 0 Å². The van der Waals surface area contributed by atoms with Crippen LogP contribution >= 0.6 is 0 Å². The van der Waals surface area contributed by atoms with Crippen molar-refractivity contribution >= 4 is 16.9 Å². The second kappa shape index (κ2) is 3.99. The molecule has 0 saturated carbocycles. The molecule has 1 aliphatic carbocycles. The van der Waals surface area contributed by atoms with Gasteiger partial charge in [0.15, 0.2) is 0 Å². The molecule has 1 N–H and O–H groups in total.